The maximum Gasteiger partial charge on any atom is 0.394 e. The minimum atomic E-state index is -4.31. The fourth-order valence-corrected chi connectivity index (χ4v) is 7.23. The lowest BCUT2D eigenvalue weighted by Crippen LogP contribution is -2.53. The lowest BCUT2D eigenvalue weighted by molar-refractivity contribution is -0.190. The average molecular weight is 583 g/mol. The Labute approximate surface area is 235 Å². The maximum absolute atomic E-state index is 14.1. The van der Waals surface area contributed by atoms with E-state index in [2.05, 4.69) is 16.0 Å². The molecule has 224 valence electrons. The van der Waals surface area contributed by atoms with Crippen LogP contribution in [0.15, 0.2) is 18.2 Å². The van der Waals surface area contributed by atoms with Crippen molar-refractivity contribution in [3.63, 3.8) is 0 Å². The average Bonchev–Trinajstić information content (AvgIpc) is 3.61. The molecule has 2 aliphatic heterocycles. The fraction of sp³-hybridized carbons (Fsp3) is 0.690. The molecule has 3 saturated carbocycles. The molecule has 0 aromatic heterocycles. The first-order chi connectivity index (χ1) is 19.3. The number of fused-ring (bicyclic) bond motifs is 1. The molecule has 0 bridgehead atoms. The number of amides is 3. The third kappa shape index (κ3) is 5.56. The number of nitrogens with zero attached hydrogens (tertiary/aromatic N) is 1. The van der Waals surface area contributed by atoms with Crippen molar-refractivity contribution in [1.82, 2.24) is 15.5 Å². The summed E-state index contributed by atoms with van der Waals surface area (Å²) in [5.74, 6) is -3.89. The SMILES string of the molecule is O=C1CC[C@@H](N2Cc3c(N[C@H](CC4(C(F)(F)F)CC4)C4CCC(NC5CC(F)(F)C5)CC4)cccc3C2=O)C(=O)N1. The van der Waals surface area contributed by atoms with Crippen LogP contribution >= 0.6 is 0 Å². The van der Waals surface area contributed by atoms with Gasteiger partial charge in [-0.3, -0.25) is 19.7 Å². The summed E-state index contributed by atoms with van der Waals surface area (Å²) in [4.78, 5) is 38.8. The zero-order valence-electron chi connectivity index (χ0n) is 22.7. The van der Waals surface area contributed by atoms with Gasteiger partial charge in [0.2, 0.25) is 11.8 Å². The highest BCUT2D eigenvalue weighted by Crippen LogP contribution is 2.61. The Morgan fingerprint density at radius 2 is 1.71 bits per heavy atom. The van der Waals surface area contributed by atoms with Crippen LogP contribution in [0.25, 0.3) is 0 Å². The summed E-state index contributed by atoms with van der Waals surface area (Å²) in [6, 6.07) is 3.71. The molecule has 1 saturated heterocycles. The van der Waals surface area contributed by atoms with Gasteiger partial charge in [0.05, 0.1) is 5.41 Å². The van der Waals surface area contributed by atoms with Crippen molar-refractivity contribution in [3.8, 4) is 0 Å². The monoisotopic (exact) mass is 582 g/mol. The quantitative estimate of drug-likeness (QED) is 0.300. The molecule has 0 unspecified atom stereocenters. The van der Waals surface area contributed by atoms with Crippen molar-refractivity contribution >= 4 is 23.4 Å². The van der Waals surface area contributed by atoms with Gasteiger partial charge in [-0.1, -0.05) is 6.07 Å². The van der Waals surface area contributed by atoms with Crippen molar-refractivity contribution in [2.45, 2.75) is 113 Å². The van der Waals surface area contributed by atoms with Gasteiger partial charge < -0.3 is 15.5 Å². The molecule has 5 aliphatic rings. The second-order valence-electron chi connectivity index (χ2n) is 12.7. The molecule has 7 nitrogen and oxygen atoms in total. The van der Waals surface area contributed by atoms with Gasteiger partial charge in [-0.25, -0.2) is 8.78 Å². The topological polar surface area (TPSA) is 90.5 Å². The Hall–Kier alpha value is -2.76. The third-order valence-electron chi connectivity index (χ3n) is 9.89. The van der Waals surface area contributed by atoms with Crippen molar-refractivity contribution < 1.29 is 36.3 Å². The van der Waals surface area contributed by atoms with Gasteiger partial charge in [0.25, 0.3) is 11.8 Å². The third-order valence-corrected chi connectivity index (χ3v) is 9.89. The minimum absolute atomic E-state index is 0.0464. The van der Waals surface area contributed by atoms with Gasteiger partial charge in [0.15, 0.2) is 0 Å². The zero-order valence-corrected chi connectivity index (χ0v) is 22.7. The second-order valence-corrected chi connectivity index (χ2v) is 12.7. The highest BCUT2D eigenvalue weighted by Gasteiger charge is 2.63. The van der Waals surface area contributed by atoms with E-state index in [1.165, 1.54) is 4.90 Å². The Bertz CT molecular complexity index is 1220. The van der Waals surface area contributed by atoms with Gasteiger partial charge in [-0.05, 0) is 69.4 Å². The van der Waals surface area contributed by atoms with Crippen molar-refractivity contribution in [2.24, 2.45) is 11.3 Å². The van der Waals surface area contributed by atoms with Gasteiger partial charge in [-0.2, -0.15) is 13.2 Å². The summed E-state index contributed by atoms with van der Waals surface area (Å²) in [5.41, 5.74) is -0.0828. The fourth-order valence-electron chi connectivity index (χ4n) is 7.23. The van der Waals surface area contributed by atoms with Gasteiger partial charge >= 0.3 is 6.18 Å². The van der Waals surface area contributed by atoms with Crippen LogP contribution in [0.1, 0.15) is 86.6 Å². The number of carbonyl (C=O) groups excluding carboxylic acids is 3. The zero-order chi connectivity index (χ0) is 29.2. The normalized spacial score (nSPS) is 29.9. The first-order valence-corrected chi connectivity index (χ1v) is 14.6. The molecule has 3 aliphatic carbocycles. The van der Waals surface area contributed by atoms with Crippen LogP contribution in [0, 0.1) is 11.3 Å². The maximum atomic E-state index is 14.1. The molecule has 3 amide bonds. The van der Waals surface area contributed by atoms with Crippen LogP contribution in [0.5, 0.6) is 0 Å². The van der Waals surface area contributed by atoms with E-state index in [0.717, 1.165) is 0 Å². The van der Waals surface area contributed by atoms with E-state index < -0.39 is 35.5 Å². The number of halogens is 5. The summed E-state index contributed by atoms with van der Waals surface area (Å²) in [6.07, 6.45) is -1.42. The molecular formula is C29H35F5N4O3. The van der Waals surface area contributed by atoms with Gasteiger partial charge in [0.1, 0.15) is 6.04 Å². The summed E-state index contributed by atoms with van der Waals surface area (Å²) in [7, 11) is 0. The first kappa shape index (κ1) is 28.4. The lowest BCUT2D eigenvalue weighted by Gasteiger charge is -2.41. The standard InChI is InChI=1S/C29H35F5N4O3/c30-28(31)12-18(13-28)35-17-6-4-16(5-7-17)22(14-27(10-11-27)29(32,33)34)36-21-3-1-2-19-20(21)15-38(26(19)41)23-8-9-24(39)37-25(23)40/h1-3,16-18,22-23,35-36H,4-15H2,(H,37,39,40)/t16?,17?,22-,23-/m1/s1. The van der Waals surface area contributed by atoms with E-state index in [4.69, 9.17) is 0 Å². The number of benzene rings is 1. The van der Waals surface area contributed by atoms with Crippen LogP contribution in [0.2, 0.25) is 0 Å². The van der Waals surface area contributed by atoms with Crippen LogP contribution in [0.3, 0.4) is 0 Å². The smallest absolute Gasteiger partial charge is 0.382 e. The second kappa shape index (κ2) is 10.2. The lowest BCUT2D eigenvalue weighted by atomic mass is 9.77. The minimum Gasteiger partial charge on any atom is -0.382 e. The predicted octanol–water partition coefficient (Wildman–Crippen LogP) is 4.91. The molecule has 6 rings (SSSR count). The van der Waals surface area contributed by atoms with Crippen molar-refractivity contribution in [3.05, 3.63) is 29.3 Å². The highest BCUT2D eigenvalue weighted by atomic mass is 19.4. The highest BCUT2D eigenvalue weighted by molar-refractivity contribution is 6.06. The molecule has 3 N–H and O–H groups in total. The van der Waals surface area contributed by atoms with Gasteiger partial charge in [-0.15, -0.1) is 0 Å². The summed E-state index contributed by atoms with van der Waals surface area (Å²) in [6.45, 7) is 0.128. The van der Waals surface area contributed by atoms with E-state index in [0.29, 0.717) is 42.5 Å². The molecule has 0 radical (unpaired) electrons. The number of anilines is 1. The largest absolute Gasteiger partial charge is 0.394 e. The molecular weight excluding hydrogens is 547 g/mol. The number of rotatable bonds is 8. The summed E-state index contributed by atoms with van der Waals surface area (Å²) < 4.78 is 68.7. The molecule has 4 fully saturated rings. The van der Waals surface area contributed by atoms with Crippen molar-refractivity contribution in [2.75, 3.05) is 5.32 Å². The first-order valence-electron chi connectivity index (χ1n) is 14.6. The molecule has 41 heavy (non-hydrogen) atoms. The molecule has 1 aromatic carbocycles. The van der Waals surface area contributed by atoms with Gasteiger partial charge in [0, 0.05) is 60.7 Å². The van der Waals surface area contributed by atoms with E-state index in [-0.39, 0.29) is 81.3 Å². The van der Waals surface area contributed by atoms with Crippen molar-refractivity contribution in [1.29, 1.82) is 0 Å². The molecule has 12 heteroatoms. The Balaban J connectivity index is 1.18. The Morgan fingerprint density at radius 3 is 2.32 bits per heavy atom. The van der Waals surface area contributed by atoms with Crippen LogP contribution in [0.4, 0.5) is 27.6 Å². The number of piperidine rings is 1. The van der Waals surface area contributed by atoms with Crippen LogP contribution < -0.4 is 16.0 Å². The Kier molecular flexibility index (Phi) is 7.06. The van der Waals surface area contributed by atoms with E-state index in [1.54, 1.807) is 18.2 Å². The molecule has 1 aromatic rings. The van der Waals surface area contributed by atoms with E-state index >= 15 is 0 Å². The van der Waals surface area contributed by atoms with Crippen LogP contribution in [-0.4, -0.2) is 58.9 Å². The van der Waals surface area contributed by atoms with E-state index in [9.17, 15) is 36.3 Å². The van der Waals surface area contributed by atoms with Crippen LogP contribution in [-0.2, 0) is 16.1 Å². The number of alkyl halides is 5. The number of imide groups is 1. The number of hydrogen-bond donors (Lipinski definition) is 3. The molecule has 2 atom stereocenters. The predicted molar refractivity (Wildman–Crippen MR) is 139 cm³/mol. The summed E-state index contributed by atoms with van der Waals surface area (Å²) in [5, 5.41) is 9.00. The number of hydrogen-bond acceptors (Lipinski definition) is 5. The Morgan fingerprint density at radius 1 is 1.00 bits per heavy atom. The number of carbonyl (C=O) groups is 3. The molecule has 2 heterocycles. The van der Waals surface area contributed by atoms with E-state index in [1.807, 2.05) is 0 Å². The number of nitrogens with one attached hydrogen (secondary N) is 3. The summed E-state index contributed by atoms with van der Waals surface area (Å²) >= 11 is 0. The molecule has 0 spiro atoms.